The predicted molar refractivity (Wildman–Crippen MR) is 109 cm³/mol. The molecule has 4 rings (SSSR count). The Kier molecular flexibility index (Phi) is 6.84. The van der Waals surface area contributed by atoms with E-state index in [2.05, 4.69) is 44.3 Å². The van der Waals surface area contributed by atoms with Crippen molar-refractivity contribution in [3.63, 3.8) is 0 Å². The van der Waals surface area contributed by atoms with Gasteiger partial charge in [0.05, 0.1) is 36.4 Å². The molecule has 0 aromatic rings. The predicted octanol–water partition coefficient (Wildman–Crippen LogP) is -2.79. The van der Waals surface area contributed by atoms with E-state index in [1.54, 1.807) is 0 Å². The average molecular weight is 424 g/mol. The zero-order valence-electron chi connectivity index (χ0n) is 17.6. The van der Waals surface area contributed by atoms with E-state index in [4.69, 9.17) is 11.0 Å². The zero-order valence-corrected chi connectivity index (χ0v) is 17.6. The van der Waals surface area contributed by atoms with Gasteiger partial charge in [0.25, 0.3) is 0 Å². The standard InChI is InChI=1S/C19H34FN9O/c1-27-4-6-28(7-5-27)16-13(20)9-23-10-14(16)25-19(30)15-17(22)26-29-11-12(2-3-21)8-24-18(15)29/h12-18,23-24,26H,2,4-11,22H2,1H3,(H,25,30). The third-order valence-electron chi connectivity index (χ3n) is 6.90. The number of piperidine rings is 1. The lowest BCUT2D eigenvalue weighted by Crippen LogP contribution is -2.68. The lowest BCUT2D eigenvalue weighted by atomic mass is 9.94. The summed E-state index contributed by atoms with van der Waals surface area (Å²) < 4.78 is 14.9. The van der Waals surface area contributed by atoms with Gasteiger partial charge in [-0.1, -0.05) is 0 Å². The minimum atomic E-state index is -1.03. The van der Waals surface area contributed by atoms with Crippen molar-refractivity contribution in [1.82, 2.24) is 36.2 Å². The first-order valence-electron chi connectivity index (χ1n) is 10.9. The Morgan fingerprint density at radius 1 is 1.27 bits per heavy atom. The molecule has 168 valence electrons. The van der Waals surface area contributed by atoms with E-state index < -0.39 is 18.3 Å². The number of hydrazine groups is 1. The maximum Gasteiger partial charge on any atom is 0.229 e. The van der Waals surface area contributed by atoms with Crippen molar-refractivity contribution in [1.29, 1.82) is 5.26 Å². The summed E-state index contributed by atoms with van der Waals surface area (Å²) in [5, 5.41) is 20.5. The number of hydrogen-bond donors (Lipinski definition) is 5. The molecule has 0 saturated carbocycles. The molecule has 0 radical (unpaired) electrons. The van der Waals surface area contributed by atoms with Crippen LogP contribution in [-0.4, -0.2) is 111 Å². The van der Waals surface area contributed by atoms with Gasteiger partial charge in [0.15, 0.2) is 0 Å². The Bertz CT molecular complexity index is 652. The molecule has 30 heavy (non-hydrogen) atoms. The summed E-state index contributed by atoms with van der Waals surface area (Å²) in [6.45, 7) is 5.61. The molecule has 6 N–H and O–H groups in total. The number of rotatable bonds is 4. The van der Waals surface area contributed by atoms with E-state index in [-0.39, 0.29) is 30.1 Å². The highest BCUT2D eigenvalue weighted by molar-refractivity contribution is 5.81. The van der Waals surface area contributed by atoms with Crippen LogP contribution in [0.4, 0.5) is 4.39 Å². The number of nitrogens with one attached hydrogen (secondary N) is 4. The first-order chi connectivity index (χ1) is 14.5. The van der Waals surface area contributed by atoms with Crippen molar-refractivity contribution in [2.24, 2.45) is 17.6 Å². The van der Waals surface area contributed by atoms with Gasteiger partial charge in [-0.3, -0.25) is 15.0 Å². The smallest absolute Gasteiger partial charge is 0.229 e. The number of amides is 1. The number of piperazine rings is 1. The van der Waals surface area contributed by atoms with E-state index >= 15 is 0 Å². The normalized spacial score (nSPS) is 41.2. The van der Waals surface area contributed by atoms with Gasteiger partial charge in [-0.2, -0.15) is 5.26 Å². The quantitative estimate of drug-likeness (QED) is 0.326. The number of nitriles is 1. The fourth-order valence-corrected chi connectivity index (χ4v) is 5.24. The van der Waals surface area contributed by atoms with Gasteiger partial charge in [-0.25, -0.2) is 14.8 Å². The van der Waals surface area contributed by atoms with Gasteiger partial charge in [-0.05, 0) is 13.0 Å². The maximum atomic E-state index is 14.9. The zero-order chi connectivity index (χ0) is 21.3. The number of carbonyl (C=O) groups excluding carboxylic acids is 1. The number of alkyl halides is 1. The van der Waals surface area contributed by atoms with Crippen LogP contribution in [0.15, 0.2) is 0 Å². The Morgan fingerprint density at radius 2 is 2.03 bits per heavy atom. The second-order valence-corrected chi connectivity index (χ2v) is 9.03. The molecular weight excluding hydrogens is 389 g/mol. The van der Waals surface area contributed by atoms with Crippen LogP contribution in [0.1, 0.15) is 6.42 Å². The summed E-state index contributed by atoms with van der Waals surface area (Å²) >= 11 is 0. The SMILES string of the molecule is CN1CCN(C2C(F)CNCC2NC(=O)C2C(N)NN3CC(CC#N)CNC23)CC1. The summed E-state index contributed by atoms with van der Waals surface area (Å²) in [7, 11) is 2.07. The number of likely N-dealkylation sites (N-methyl/N-ethyl adjacent to an activating group) is 1. The minimum Gasteiger partial charge on any atom is -0.350 e. The topological polar surface area (TPSA) is 125 Å². The lowest BCUT2D eigenvalue weighted by molar-refractivity contribution is -0.128. The molecule has 7 unspecified atom stereocenters. The Labute approximate surface area is 177 Å². The van der Waals surface area contributed by atoms with Crippen molar-refractivity contribution in [3.05, 3.63) is 0 Å². The van der Waals surface area contributed by atoms with E-state index in [9.17, 15) is 9.18 Å². The molecule has 0 aromatic heterocycles. The molecule has 4 saturated heterocycles. The summed E-state index contributed by atoms with van der Waals surface area (Å²) in [6.07, 6.45) is -1.32. The van der Waals surface area contributed by atoms with Crippen molar-refractivity contribution >= 4 is 5.91 Å². The highest BCUT2D eigenvalue weighted by atomic mass is 19.1. The number of carbonyl (C=O) groups is 1. The molecule has 1 amide bonds. The molecule has 0 aliphatic carbocycles. The monoisotopic (exact) mass is 423 g/mol. The average Bonchev–Trinajstić information content (AvgIpc) is 3.04. The highest BCUT2D eigenvalue weighted by Crippen LogP contribution is 2.25. The summed E-state index contributed by atoms with van der Waals surface area (Å²) in [4.78, 5) is 17.7. The second kappa shape index (κ2) is 9.40. The van der Waals surface area contributed by atoms with Gasteiger partial charge >= 0.3 is 0 Å². The highest BCUT2D eigenvalue weighted by Gasteiger charge is 2.48. The number of halogens is 1. The van der Waals surface area contributed by atoms with Gasteiger partial charge < -0.3 is 21.3 Å². The third kappa shape index (κ3) is 4.45. The summed E-state index contributed by atoms with van der Waals surface area (Å²) in [5.74, 6) is -0.445. The Balaban J connectivity index is 1.41. The molecule has 4 fully saturated rings. The van der Waals surface area contributed by atoms with Gasteiger partial charge in [0.1, 0.15) is 6.17 Å². The van der Waals surface area contributed by atoms with E-state index in [1.807, 2.05) is 5.01 Å². The summed E-state index contributed by atoms with van der Waals surface area (Å²) in [5.41, 5.74) is 9.43. The first kappa shape index (κ1) is 21.8. The molecule has 0 aromatic carbocycles. The Morgan fingerprint density at radius 3 is 2.77 bits per heavy atom. The van der Waals surface area contributed by atoms with Crippen molar-refractivity contribution in [3.8, 4) is 6.07 Å². The fourth-order valence-electron chi connectivity index (χ4n) is 5.24. The third-order valence-corrected chi connectivity index (χ3v) is 6.90. The summed E-state index contributed by atoms with van der Waals surface area (Å²) in [6, 6.07) is 1.57. The van der Waals surface area contributed by atoms with Crippen molar-refractivity contribution in [2.75, 3.05) is 59.4 Å². The van der Waals surface area contributed by atoms with E-state index in [0.717, 1.165) is 26.2 Å². The molecule has 7 atom stereocenters. The minimum absolute atomic E-state index is 0.159. The number of fused-ring (bicyclic) bond motifs is 1. The molecule has 0 bridgehead atoms. The lowest BCUT2D eigenvalue weighted by Gasteiger charge is -2.45. The number of nitrogens with two attached hydrogens (primary N) is 1. The molecule has 11 heteroatoms. The van der Waals surface area contributed by atoms with Crippen LogP contribution >= 0.6 is 0 Å². The molecule has 4 aliphatic rings. The van der Waals surface area contributed by atoms with E-state index in [1.165, 1.54) is 0 Å². The van der Waals surface area contributed by atoms with Crippen molar-refractivity contribution in [2.45, 2.75) is 37.0 Å². The molecule has 0 spiro atoms. The molecule has 10 nitrogen and oxygen atoms in total. The largest absolute Gasteiger partial charge is 0.350 e. The Hall–Kier alpha value is -1.39. The van der Waals surface area contributed by atoms with Crippen LogP contribution in [0.5, 0.6) is 0 Å². The van der Waals surface area contributed by atoms with Crippen LogP contribution in [0.3, 0.4) is 0 Å². The first-order valence-corrected chi connectivity index (χ1v) is 10.9. The second-order valence-electron chi connectivity index (χ2n) is 9.03. The number of hydrogen-bond acceptors (Lipinski definition) is 9. The van der Waals surface area contributed by atoms with Crippen LogP contribution in [0.25, 0.3) is 0 Å². The van der Waals surface area contributed by atoms with Crippen LogP contribution in [-0.2, 0) is 4.79 Å². The van der Waals surface area contributed by atoms with Gasteiger partial charge in [0.2, 0.25) is 5.91 Å². The number of nitrogens with zero attached hydrogens (tertiary/aromatic N) is 4. The van der Waals surface area contributed by atoms with Crippen LogP contribution in [0.2, 0.25) is 0 Å². The van der Waals surface area contributed by atoms with Crippen LogP contribution in [0, 0.1) is 23.2 Å². The molecular formula is C19H34FN9O. The van der Waals surface area contributed by atoms with Gasteiger partial charge in [-0.15, -0.1) is 0 Å². The van der Waals surface area contributed by atoms with Gasteiger partial charge in [0, 0.05) is 58.8 Å². The maximum absolute atomic E-state index is 14.9. The molecule has 4 heterocycles. The van der Waals surface area contributed by atoms with E-state index in [0.29, 0.717) is 32.6 Å². The van der Waals surface area contributed by atoms with Crippen molar-refractivity contribution < 1.29 is 9.18 Å². The fraction of sp³-hybridized carbons (Fsp3) is 0.895. The van der Waals surface area contributed by atoms with Crippen LogP contribution < -0.4 is 27.1 Å². The molecule has 4 aliphatic heterocycles.